The third-order valence-corrected chi connectivity index (χ3v) is 4.87. The Bertz CT molecular complexity index is 941. The Morgan fingerprint density at radius 1 is 1.19 bits per heavy atom. The molecule has 3 aromatic rings. The predicted octanol–water partition coefficient (Wildman–Crippen LogP) is 4.62. The molecule has 10 heteroatoms. The summed E-state index contributed by atoms with van der Waals surface area (Å²) in [7, 11) is 1.53. The number of hydrogen-bond donors (Lipinski definition) is 3. The number of nitrogen functional groups attached to an aromatic ring is 1. The van der Waals surface area contributed by atoms with Crippen LogP contribution in [-0.2, 0) is 6.18 Å². The minimum atomic E-state index is -4.52. The second-order valence-corrected chi connectivity index (χ2v) is 6.70. The molecule has 27 heavy (non-hydrogen) atoms. The van der Waals surface area contributed by atoms with Gasteiger partial charge in [-0.3, -0.25) is 0 Å². The fourth-order valence-corrected chi connectivity index (χ4v) is 3.43. The van der Waals surface area contributed by atoms with Crippen molar-refractivity contribution >= 4 is 29.3 Å². The molecule has 142 valence electrons. The number of aryl methyl sites for hydroxylation is 1. The molecule has 0 aliphatic carbocycles. The molecule has 6 nitrogen and oxygen atoms in total. The number of hydrogen-bond acceptors (Lipinski definition) is 6. The second kappa shape index (κ2) is 7.39. The maximum atomic E-state index is 13.7. The molecule has 3 rings (SSSR count). The quantitative estimate of drug-likeness (QED) is 0.584. The highest BCUT2D eigenvalue weighted by molar-refractivity contribution is 7.99. The SMILES string of the molecule is COc1ccc(Sc2c(C)cc(Nc3n[nH]c(N)n3)cc2C(F)(F)F)cc1. The summed E-state index contributed by atoms with van der Waals surface area (Å²) in [4.78, 5) is 4.64. The lowest BCUT2D eigenvalue weighted by Gasteiger charge is -2.17. The van der Waals surface area contributed by atoms with Crippen LogP contribution >= 0.6 is 11.8 Å². The van der Waals surface area contributed by atoms with Crippen LogP contribution in [0.2, 0.25) is 0 Å². The lowest BCUT2D eigenvalue weighted by molar-refractivity contribution is -0.139. The molecule has 0 radical (unpaired) electrons. The van der Waals surface area contributed by atoms with Crippen LogP contribution in [0.1, 0.15) is 11.1 Å². The van der Waals surface area contributed by atoms with Crippen LogP contribution in [0, 0.1) is 6.92 Å². The van der Waals surface area contributed by atoms with E-state index in [1.807, 2.05) is 0 Å². The van der Waals surface area contributed by atoms with Gasteiger partial charge in [-0.1, -0.05) is 11.8 Å². The standard InChI is InChI=1S/C17H16F3N5OS/c1-9-7-10(22-16-23-15(21)24-25-16)8-13(17(18,19)20)14(9)27-12-5-3-11(26-2)4-6-12/h3-8H,1-2H3,(H4,21,22,23,24,25). The van der Waals surface area contributed by atoms with E-state index in [-0.39, 0.29) is 22.5 Å². The number of nitrogens with zero attached hydrogens (tertiary/aromatic N) is 2. The van der Waals surface area contributed by atoms with Gasteiger partial charge in [-0.25, -0.2) is 5.10 Å². The van der Waals surface area contributed by atoms with E-state index < -0.39 is 11.7 Å². The van der Waals surface area contributed by atoms with E-state index in [1.54, 1.807) is 37.3 Å². The van der Waals surface area contributed by atoms with E-state index in [9.17, 15) is 13.2 Å². The van der Waals surface area contributed by atoms with Crippen LogP contribution in [0.4, 0.5) is 30.8 Å². The zero-order valence-corrected chi connectivity index (χ0v) is 15.2. The van der Waals surface area contributed by atoms with Crippen LogP contribution in [0.5, 0.6) is 5.75 Å². The Morgan fingerprint density at radius 3 is 2.44 bits per heavy atom. The predicted molar refractivity (Wildman–Crippen MR) is 97.4 cm³/mol. The number of ether oxygens (including phenoxy) is 1. The van der Waals surface area contributed by atoms with Crippen LogP contribution < -0.4 is 15.8 Å². The van der Waals surface area contributed by atoms with Crippen molar-refractivity contribution in [3.8, 4) is 5.75 Å². The minimum Gasteiger partial charge on any atom is -0.497 e. The van der Waals surface area contributed by atoms with Crippen molar-refractivity contribution in [3.63, 3.8) is 0 Å². The molecular weight excluding hydrogens is 379 g/mol. The lowest BCUT2D eigenvalue weighted by Crippen LogP contribution is -2.09. The zero-order chi connectivity index (χ0) is 19.6. The molecule has 4 N–H and O–H groups in total. The Labute approximate surface area is 157 Å². The van der Waals surface area contributed by atoms with Crippen molar-refractivity contribution in [2.75, 3.05) is 18.2 Å². The maximum Gasteiger partial charge on any atom is 0.417 e. The number of nitrogens with two attached hydrogens (primary N) is 1. The molecule has 0 bridgehead atoms. The van der Waals surface area contributed by atoms with Crippen LogP contribution in [0.15, 0.2) is 46.2 Å². The summed E-state index contributed by atoms with van der Waals surface area (Å²) >= 11 is 1.05. The molecule has 0 spiro atoms. The highest BCUT2D eigenvalue weighted by Gasteiger charge is 2.35. The molecule has 2 aromatic carbocycles. The van der Waals surface area contributed by atoms with E-state index in [0.717, 1.165) is 17.8 Å². The van der Waals surface area contributed by atoms with E-state index in [1.165, 1.54) is 7.11 Å². The Hall–Kier alpha value is -2.88. The molecule has 0 fully saturated rings. The van der Waals surface area contributed by atoms with Crippen LogP contribution in [0.3, 0.4) is 0 Å². The smallest absolute Gasteiger partial charge is 0.417 e. The summed E-state index contributed by atoms with van der Waals surface area (Å²) in [6, 6.07) is 9.47. The number of halogens is 3. The average molecular weight is 395 g/mol. The molecule has 0 unspecified atom stereocenters. The van der Waals surface area contributed by atoms with E-state index in [0.29, 0.717) is 16.2 Å². The molecule has 0 atom stereocenters. The highest BCUT2D eigenvalue weighted by atomic mass is 32.2. The summed E-state index contributed by atoms with van der Waals surface area (Å²) in [6.07, 6.45) is -4.52. The van der Waals surface area contributed by atoms with E-state index >= 15 is 0 Å². The number of alkyl halides is 3. The minimum absolute atomic E-state index is 0.0666. The van der Waals surface area contributed by atoms with Gasteiger partial charge in [0.1, 0.15) is 5.75 Å². The molecule has 0 aliphatic rings. The number of methoxy groups -OCH3 is 1. The topological polar surface area (TPSA) is 88.8 Å². The second-order valence-electron chi connectivity index (χ2n) is 5.61. The van der Waals surface area contributed by atoms with Crippen molar-refractivity contribution in [2.24, 2.45) is 0 Å². The first-order valence-electron chi connectivity index (χ1n) is 7.75. The van der Waals surface area contributed by atoms with Crippen molar-refractivity contribution < 1.29 is 17.9 Å². The van der Waals surface area contributed by atoms with Gasteiger partial charge in [0.25, 0.3) is 0 Å². The van der Waals surface area contributed by atoms with Gasteiger partial charge in [0.15, 0.2) is 0 Å². The van der Waals surface area contributed by atoms with E-state index in [4.69, 9.17) is 10.5 Å². The highest BCUT2D eigenvalue weighted by Crippen LogP contribution is 2.43. The molecule has 0 saturated heterocycles. The van der Waals surface area contributed by atoms with Gasteiger partial charge in [-0.2, -0.15) is 18.2 Å². The number of H-pyrrole nitrogens is 1. The fraction of sp³-hybridized carbons (Fsp3) is 0.176. The third-order valence-electron chi connectivity index (χ3n) is 3.62. The van der Waals surface area contributed by atoms with Gasteiger partial charge >= 0.3 is 6.18 Å². The van der Waals surface area contributed by atoms with Gasteiger partial charge in [-0.05, 0) is 48.9 Å². The van der Waals surface area contributed by atoms with Gasteiger partial charge in [0.05, 0.1) is 12.7 Å². The van der Waals surface area contributed by atoms with Crippen molar-refractivity contribution in [1.29, 1.82) is 0 Å². The number of aromatic amines is 1. The van der Waals surface area contributed by atoms with Crippen LogP contribution in [0.25, 0.3) is 0 Å². The third kappa shape index (κ3) is 4.45. The van der Waals surface area contributed by atoms with Crippen molar-refractivity contribution in [3.05, 3.63) is 47.5 Å². The fourth-order valence-electron chi connectivity index (χ4n) is 2.41. The molecule has 0 aliphatic heterocycles. The number of anilines is 3. The molecule has 1 aromatic heterocycles. The molecule has 0 saturated carbocycles. The number of aromatic nitrogens is 3. The molecular formula is C17H16F3N5OS. The summed E-state index contributed by atoms with van der Waals surface area (Å²) in [5.74, 6) is 0.796. The Balaban J connectivity index is 1.96. The largest absolute Gasteiger partial charge is 0.497 e. The normalized spacial score (nSPS) is 11.4. The van der Waals surface area contributed by atoms with E-state index in [2.05, 4.69) is 20.5 Å². The van der Waals surface area contributed by atoms with Crippen LogP contribution in [-0.4, -0.2) is 22.3 Å². The average Bonchev–Trinajstić information content (AvgIpc) is 3.01. The summed E-state index contributed by atoms with van der Waals surface area (Å²) in [5, 5.41) is 8.91. The van der Waals surface area contributed by atoms with Crippen molar-refractivity contribution in [2.45, 2.75) is 22.9 Å². The van der Waals surface area contributed by atoms with Crippen molar-refractivity contribution in [1.82, 2.24) is 15.2 Å². The van der Waals surface area contributed by atoms with Gasteiger partial charge in [0, 0.05) is 15.5 Å². The van der Waals surface area contributed by atoms with Gasteiger partial charge in [0.2, 0.25) is 11.9 Å². The number of benzene rings is 2. The summed E-state index contributed by atoms with van der Waals surface area (Å²) in [6.45, 7) is 1.62. The summed E-state index contributed by atoms with van der Waals surface area (Å²) < 4.78 is 46.0. The monoisotopic (exact) mass is 395 g/mol. The number of rotatable bonds is 5. The first-order chi connectivity index (χ1) is 12.8. The Kier molecular flexibility index (Phi) is 5.17. The first-order valence-corrected chi connectivity index (χ1v) is 8.56. The maximum absolute atomic E-state index is 13.7. The molecule has 1 heterocycles. The van der Waals surface area contributed by atoms with Gasteiger partial charge < -0.3 is 15.8 Å². The zero-order valence-electron chi connectivity index (χ0n) is 14.4. The Morgan fingerprint density at radius 2 is 1.89 bits per heavy atom. The molecule has 0 amide bonds. The number of nitrogens with one attached hydrogen (secondary N) is 2. The van der Waals surface area contributed by atoms with Gasteiger partial charge in [-0.15, -0.1) is 5.10 Å². The summed E-state index contributed by atoms with van der Waals surface area (Å²) in [5.41, 5.74) is 5.38. The first kappa shape index (κ1) is 18.9. The lowest BCUT2D eigenvalue weighted by atomic mass is 10.1.